The number of nitrogens with one attached hydrogen (secondary N) is 2. The quantitative estimate of drug-likeness (QED) is 0.503. The summed E-state index contributed by atoms with van der Waals surface area (Å²) in [6.07, 6.45) is 9.96. The first kappa shape index (κ1) is 14.3. The topological polar surface area (TPSA) is 57.0 Å². The fourth-order valence-electron chi connectivity index (χ4n) is 1.68. The molecule has 17 heavy (non-hydrogen) atoms. The Morgan fingerprint density at radius 1 is 1.29 bits per heavy atom. The lowest BCUT2D eigenvalue weighted by molar-refractivity contribution is -0.659. The summed E-state index contributed by atoms with van der Waals surface area (Å²) in [5.41, 5.74) is 7.81. The third kappa shape index (κ3) is 2.57. The number of anilines is 1. The highest BCUT2D eigenvalue weighted by Crippen LogP contribution is 2.13. The second kappa shape index (κ2) is 5.72. The van der Waals surface area contributed by atoms with Crippen LogP contribution >= 0.6 is 11.3 Å². The maximum Gasteiger partial charge on any atom is 0.330 e. The van der Waals surface area contributed by atoms with Crippen LogP contribution in [0.4, 0.5) is 5.13 Å². The van der Waals surface area contributed by atoms with Crippen LogP contribution in [0.15, 0.2) is 41.0 Å². The Morgan fingerprint density at radius 3 is 2.82 bits per heavy atom. The van der Waals surface area contributed by atoms with Crippen molar-refractivity contribution in [3.63, 3.8) is 0 Å². The van der Waals surface area contributed by atoms with E-state index in [1.165, 1.54) is 11.3 Å². The van der Waals surface area contributed by atoms with Crippen LogP contribution in [0.2, 0.25) is 0 Å². The predicted octanol–water partition coefficient (Wildman–Crippen LogP) is -6.17. The number of halogens is 2. The number of quaternary nitrogens is 1. The summed E-state index contributed by atoms with van der Waals surface area (Å²) in [7, 11) is 0. The summed E-state index contributed by atoms with van der Waals surface area (Å²) < 4.78 is 0. The van der Waals surface area contributed by atoms with Gasteiger partial charge < -0.3 is 34.0 Å². The molecule has 0 bridgehead atoms. The van der Waals surface area contributed by atoms with Crippen molar-refractivity contribution in [3.8, 4) is 0 Å². The summed E-state index contributed by atoms with van der Waals surface area (Å²) in [4.78, 5) is 8.63. The van der Waals surface area contributed by atoms with Gasteiger partial charge in [0.05, 0.1) is 11.6 Å². The van der Waals surface area contributed by atoms with E-state index < -0.39 is 0 Å². The Labute approximate surface area is 124 Å². The second-order valence-corrected chi connectivity index (χ2v) is 4.24. The number of H-pyrrole nitrogens is 1. The number of aliphatic imine (C=N–C) groups is 1. The fraction of sp³-hybridized carbons (Fsp3) is 0. The molecule has 2 aliphatic rings. The number of amidine groups is 1. The Morgan fingerprint density at radius 2 is 2.12 bits per heavy atom. The van der Waals surface area contributed by atoms with E-state index in [-0.39, 0.29) is 34.0 Å². The molecular weight excluding hydrogens is 368 g/mol. The van der Waals surface area contributed by atoms with Crippen molar-refractivity contribution >= 4 is 28.0 Å². The lowest BCUT2D eigenvalue weighted by Crippen LogP contribution is -3.06. The normalized spacial score (nSPS) is 19.9. The van der Waals surface area contributed by atoms with E-state index in [0.29, 0.717) is 0 Å². The average molecular weight is 378 g/mol. The molecule has 0 fully saturated rings. The van der Waals surface area contributed by atoms with Gasteiger partial charge in [0, 0.05) is 6.08 Å². The van der Waals surface area contributed by atoms with Crippen LogP contribution in [0.5, 0.6) is 0 Å². The van der Waals surface area contributed by atoms with Crippen LogP contribution in [-0.4, -0.2) is 5.84 Å². The molecule has 0 saturated heterocycles. The number of allylic oxidation sites excluding steroid dienone is 2. The zero-order valence-electron chi connectivity index (χ0n) is 8.65. The first-order valence-corrected chi connectivity index (χ1v) is 5.49. The minimum atomic E-state index is 0. The highest BCUT2D eigenvalue weighted by molar-refractivity contribution is 7.13. The zero-order valence-corrected chi connectivity index (χ0v) is 12.6. The van der Waals surface area contributed by atoms with Crippen molar-refractivity contribution in [3.05, 3.63) is 41.7 Å². The van der Waals surface area contributed by atoms with Gasteiger partial charge in [0.25, 0.3) is 0 Å². The molecule has 0 amide bonds. The number of hydrogen-bond donors (Lipinski definition) is 2. The molecule has 3 rings (SSSR count). The highest BCUT2D eigenvalue weighted by Gasteiger charge is 2.29. The van der Waals surface area contributed by atoms with Crippen molar-refractivity contribution < 1.29 is 43.8 Å². The standard InChI is InChI=1S/C10H8N4S.2BrH/c11-10-13-7(6-15-10)8-5-12-9-3-1-2-4-14(8)9;;/h1-6H,(H2,11,13);2*1H. The van der Waals surface area contributed by atoms with E-state index in [4.69, 9.17) is 5.73 Å². The van der Waals surface area contributed by atoms with Gasteiger partial charge in [0.15, 0.2) is 5.69 Å². The molecule has 0 saturated carbocycles. The molecule has 2 aliphatic heterocycles. The summed E-state index contributed by atoms with van der Waals surface area (Å²) in [5.74, 6) is 1.02. The molecule has 0 radical (unpaired) electrons. The van der Waals surface area contributed by atoms with Gasteiger partial charge in [-0.1, -0.05) is 11.3 Å². The maximum absolute atomic E-state index is 5.67. The Bertz CT molecular complexity index is 530. The van der Waals surface area contributed by atoms with Crippen molar-refractivity contribution in [2.45, 2.75) is 0 Å². The van der Waals surface area contributed by atoms with E-state index in [2.05, 4.69) is 16.2 Å². The number of aromatic amines is 1. The van der Waals surface area contributed by atoms with Crippen LogP contribution in [0, 0.1) is 0 Å². The Kier molecular flexibility index (Phi) is 4.81. The fourth-order valence-corrected chi connectivity index (χ4v) is 2.28. The monoisotopic (exact) mass is 376 g/mol. The number of aromatic nitrogens is 1. The number of fused-ring (bicyclic) bond motifs is 1. The molecule has 1 aromatic heterocycles. The van der Waals surface area contributed by atoms with Gasteiger partial charge >= 0.3 is 5.13 Å². The molecule has 7 heteroatoms. The first-order chi connectivity index (χ1) is 7.34. The molecule has 0 aliphatic carbocycles. The molecule has 1 aromatic rings. The summed E-state index contributed by atoms with van der Waals surface area (Å²) >= 11 is 1.51. The largest absolute Gasteiger partial charge is 1.00 e. The van der Waals surface area contributed by atoms with Gasteiger partial charge in [-0.25, -0.2) is 9.88 Å². The van der Waals surface area contributed by atoms with Gasteiger partial charge in [-0.15, -0.1) is 0 Å². The summed E-state index contributed by atoms with van der Waals surface area (Å²) in [6, 6.07) is 0. The van der Waals surface area contributed by atoms with Crippen LogP contribution < -0.4 is 49.6 Å². The van der Waals surface area contributed by atoms with E-state index in [1.807, 2.05) is 29.8 Å². The number of nitrogens with zero attached hydrogens (tertiary/aromatic N) is 1. The van der Waals surface area contributed by atoms with Crippen molar-refractivity contribution in [2.24, 2.45) is 4.99 Å². The number of hydrogen-bond acceptors (Lipinski definition) is 3. The molecule has 4 nitrogen and oxygen atoms in total. The summed E-state index contributed by atoms with van der Waals surface area (Å²) in [6.45, 7) is 0. The minimum absolute atomic E-state index is 0. The lowest BCUT2D eigenvalue weighted by atomic mass is 10.3. The summed E-state index contributed by atoms with van der Waals surface area (Å²) in [5, 5.41) is 2.73. The van der Waals surface area contributed by atoms with Crippen LogP contribution in [0.25, 0.3) is 5.70 Å². The average Bonchev–Trinajstić information content (AvgIpc) is 2.83. The zero-order chi connectivity index (χ0) is 10.3. The highest BCUT2D eigenvalue weighted by atomic mass is 79.9. The maximum atomic E-state index is 5.67. The number of nitrogen functional groups attached to an aromatic ring is 1. The van der Waals surface area contributed by atoms with E-state index in [9.17, 15) is 0 Å². The number of rotatable bonds is 1. The molecular formula is C10H10Br2N4S. The van der Waals surface area contributed by atoms with Crippen LogP contribution in [0.3, 0.4) is 0 Å². The smallest absolute Gasteiger partial charge is 0.330 e. The SMILES string of the molecule is Nc1[nH+]c(C2=CN=C3C=CC=C[NH+]23)cs1.[Br-].[Br-]. The Hall–Kier alpha value is -0.760. The van der Waals surface area contributed by atoms with Gasteiger partial charge in [-0.3, -0.25) is 5.73 Å². The van der Waals surface area contributed by atoms with Crippen molar-refractivity contribution in [1.82, 2.24) is 0 Å². The molecule has 3 heterocycles. The lowest BCUT2D eigenvalue weighted by Gasteiger charge is -2.10. The molecule has 90 valence electrons. The van der Waals surface area contributed by atoms with Gasteiger partial charge in [-0.2, -0.15) is 4.99 Å². The molecule has 0 spiro atoms. The van der Waals surface area contributed by atoms with Gasteiger partial charge in [0.2, 0.25) is 11.5 Å². The van der Waals surface area contributed by atoms with Crippen molar-refractivity contribution in [1.29, 1.82) is 0 Å². The van der Waals surface area contributed by atoms with E-state index >= 15 is 0 Å². The van der Waals surface area contributed by atoms with Gasteiger partial charge in [-0.05, 0) is 12.2 Å². The molecule has 4 N–H and O–H groups in total. The number of nitrogens with two attached hydrogens (primary N) is 1. The second-order valence-electron chi connectivity index (χ2n) is 3.33. The predicted molar refractivity (Wildman–Crippen MR) is 59.9 cm³/mol. The van der Waals surface area contributed by atoms with Crippen LogP contribution in [0.1, 0.15) is 5.69 Å². The third-order valence-electron chi connectivity index (χ3n) is 2.38. The third-order valence-corrected chi connectivity index (χ3v) is 3.09. The van der Waals surface area contributed by atoms with Crippen molar-refractivity contribution in [2.75, 3.05) is 5.73 Å². The van der Waals surface area contributed by atoms with Gasteiger partial charge in [0.1, 0.15) is 6.20 Å². The van der Waals surface area contributed by atoms with E-state index in [1.54, 1.807) is 0 Å². The molecule has 0 aromatic carbocycles. The van der Waals surface area contributed by atoms with E-state index in [0.717, 1.165) is 27.3 Å². The number of thiazole rings is 1. The molecule has 1 unspecified atom stereocenters. The first-order valence-electron chi connectivity index (χ1n) is 4.62. The van der Waals surface area contributed by atoms with Crippen LogP contribution in [-0.2, 0) is 0 Å². The molecule has 1 atom stereocenters. The minimum Gasteiger partial charge on any atom is -1.00 e. The Balaban J connectivity index is 0.000000722.